The predicted molar refractivity (Wildman–Crippen MR) is 103 cm³/mol. The molecule has 0 aromatic heterocycles. The molecule has 0 fully saturated rings. The molecule has 0 spiro atoms. The van der Waals surface area contributed by atoms with Crippen molar-refractivity contribution in [3.63, 3.8) is 0 Å². The summed E-state index contributed by atoms with van der Waals surface area (Å²) in [4.78, 5) is 12.3. The number of ether oxygens (including phenoxy) is 4. The van der Waals surface area contributed by atoms with Gasteiger partial charge < -0.3 is 18.9 Å². The molecule has 27 heavy (non-hydrogen) atoms. The third kappa shape index (κ3) is 3.87. The number of hydrogen-bond acceptors (Lipinski definition) is 5. The lowest BCUT2D eigenvalue weighted by Crippen LogP contribution is -2.11. The number of carbonyl (C=O) groups is 1. The van der Waals surface area contributed by atoms with Gasteiger partial charge in [-0.05, 0) is 79.1 Å². The minimum absolute atomic E-state index is 0.294. The van der Waals surface area contributed by atoms with E-state index in [1.165, 1.54) is 0 Å². The van der Waals surface area contributed by atoms with Gasteiger partial charge in [0.05, 0.1) is 33.5 Å². The molecule has 0 unspecified atom stereocenters. The monoisotopic (exact) mass is 370 g/mol. The lowest BCUT2D eigenvalue weighted by Gasteiger charge is -2.21. The van der Waals surface area contributed by atoms with Gasteiger partial charge in [0.25, 0.3) is 0 Å². The van der Waals surface area contributed by atoms with Crippen LogP contribution in [0.3, 0.4) is 0 Å². The number of esters is 1. The third-order valence-corrected chi connectivity index (χ3v) is 4.94. The fourth-order valence-corrected chi connectivity index (χ4v) is 3.73. The highest BCUT2D eigenvalue weighted by atomic mass is 16.5. The van der Waals surface area contributed by atoms with Gasteiger partial charge in [0, 0.05) is 0 Å². The molecule has 5 nitrogen and oxygen atoms in total. The lowest BCUT2D eigenvalue weighted by atomic mass is 9.91. The topological polar surface area (TPSA) is 54.0 Å². The largest absolute Gasteiger partial charge is 0.497 e. The van der Waals surface area contributed by atoms with Crippen molar-refractivity contribution in [2.24, 2.45) is 0 Å². The Morgan fingerprint density at radius 3 is 1.59 bits per heavy atom. The number of methoxy groups -OCH3 is 3. The van der Waals surface area contributed by atoms with Crippen molar-refractivity contribution in [2.75, 3.05) is 27.9 Å². The van der Waals surface area contributed by atoms with E-state index in [9.17, 15) is 4.79 Å². The maximum Gasteiger partial charge on any atom is 0.338 e. The summed E-state index contributed by atoms with van der Waals surface area (Å²) in [5, 5.41) is 0. The first-order valence-electron chi connectivity index (χ1n) is 9.21. The first-order chi connectivity index (χ1) is 13.1. The van der Waals surface area contributed by atoms with Crippen LogP contribution >= 0.6 is 0 Å². The van der Waals surface area contributed by atoms with E-state index in [-0.39, 0.29) is 5.97 Å². The lowest BCUT2D eigenvalue weighted by molar-refractivity contribution is 0.0526. The Balaban J connectivity index is 2.08. The molecule has 1 aliphatic carbocycles. The van der Waals surface area contributed by atoms with Crippen LogP contribution in [-0.2, 0) is 30.4 Å². The Labute approximate surface area is 160 Å². The number of fused-ring (bicyclic) bond motifs is 4. The second-order valence-corrected chi connectivity index (χ2v) is 6.53. The van der Waals surface area contributed by atoms with Crippen LogP contribution in [-0.4, -0.2) is 33.9 Å². The summed E-state index contributed by atoms with van der Waals surface area (Å²) in [6, 6.07) is 7.81. The van der Waals surface area contributed by atoms with Crippen molar-refractivity contribution in [1.82, 2.24) is 0 Å². The SMILES string of the molecule is CCOC(=O)c1cc2c(OC)c(c1)CCc1cc(OC)cc(c1OC)CC2. The second kappa shape index (κ2) is 8.33. The summed E-state index contributed by atoms with van der Waals surface area (Å²) in [5.74, 6) is 2.33. The molecule has 2 aromatic carbocycles. The zero-order valence-electron chi connectivity index (χ0n) is 16.4. The first kappa shape index (κ1) is 19.1. The van der Waals surface area contributed by atoms with Crippen molar-refractivity contribution in [1.29, 1.82) is 0 Å². The molecule has 1 aliphatic rings. The van der Waals surface area contributed by atoms with Gasteiger partial charge in [0.1, 0.15) is 17.2 Å². The standard InChI is InChI=1S/C22H26O5/c1-5-27-22(23)18-10-14-6-8-16-12-19(24-2)13-17(21(16)26-4)9-7-15(11-18)20(14)25-3/h10-13H,5-9H2,1-4H3. The number of rotatable bonds is 5. The van der Waals surface area contributed by atoms with Gasteiger partial charge in [-0.25, -0.2) is 4.79 Å². The zero-order valence-corrected chi connectivity index (χ0v) is 16.4. The maximum absolute atomic E-state index is 12.3. The molecule has 5 heteroatoms. The van der Waals surface area contributed by atoms with Gasteiger partial charge >= 0.3 is 5.97 Å². The molecule has 0 amide bonds. The summed E-state index contributed by atoms with van der Waals surface area (Å²) in [7, 11) is 5.07. The fraction of sp³-hybridized carbons (Fsp3) is 0.409. The van der Waals surface area contributed by atoms with Crippen LogP contribution in [0.1, 0.15) is 39.5 Å². The van der Waals surface area contributed by atoms with Gasteiger partial charge in [0.2, 0.25) is 0 Å². The second-order valence-electron chi connectivity index (χ2n) is 6.53. The molecule has 0 saturated carbocycles. The Bertz CT molecular complexity index is 791. The van der Waals surface area contributed by atoms with Crippen LogP contribution < -0.4 is 14.2 Å². The summed E-state index contributed by atoms with van der Waals surface area (Å²) < 4.78 is 22.1. The van der Waals surface area contributed by atoms with E-state index in [0.717, 1.165) is 65.2 Å². The number of carbonyl (C=O) groups excluding carboxylic acids is 1. The first-order valence-corrected chi connectivity index (χ1v) is 9.21. The highest BCUT2D eigenvalue weighted by molar-refractivity contribution is 5.90. The number of hydrogen-bond donors (Lipinski definition) is 0. The average Bonchev–Trinajstić information content (AvgIpc) is 2.68. The van der Waals surface area contributed by atoms with Crippen LogP contribution in [0.25, 0.3) is 0 Å². The van der Waals surface area contributed by atoms with Crippen LogP contribution in [0.15, 0.2) is 24.3 Å². The molecule has 0 atom stereocenters. The minimum Gasteiger partial charge on any atom is -0.497 e. The molecule has 3 rings (SSSR count). The predicted octanol–water partition coefficient (Wildman–Crippen LogP) is 3.77. The Morgan fingerprint density at radius 2 is 1.22 bits per heavy atom. The van der Waals surface area contributed by atoms with Crippen molar-refractivity contribution < 1.29 is 23.7 Å². The van der Waals surface area contributed by atoms with Crippen molar-refractivity contribution in [2.45, 2.75) is 32.6 Å². The summed E-state index contributed by atoms with van der Waals surface area (Å²) in [6.07, 6.45) is 2.98. The Hall–Kier alpha value is -2.69. The molecule has 0 heterocycles. The highest BCUT2D eigenvalue weighted by Gasteiger charge is 2.20. The van der Waals surface area contributed by atoms with Crippen LogP contribution in [0.2, 0.25) is 0 Å². The third-order valence-electron chi connectivity index (χ3n) is 4.94. The van der Waals surface area contributed by atoms with E-state index < -0.39 is 0 Å². The van der Waals surface area contributed by atoms with E-state index in [0.29, 0.717) is 12.2 Å². The van der Waals surface area contributed by atoms with Gasteiger partial charge in [-0.1, -0.05) is 0 Å². The van der Waals surface area contributed by atoms with E-state index >= 15 is 0 Å². The molecule has 4 bridgehead atoms. The summed E-state index contributed by atoms with van der Waals surface area (Å²) >= 11 is 0. The van der Waals surface area contributed by atoms with E-state index in [1.807, 2.05) is 31.2 Å². The Morgan fingerprint density at radius 1 is 0.778 bits per heavy atom. The summed E-state index contributed by atoms with van der Waals surface area (Å²) in [6.45, 7) is 2.17. The molecular weight excluding hydrogens is 344 g/mol. The number of aryl methyl sites for hydroxylation is 4. The van der Waals surface area contributed by atoms with Crippen LogP contribution in [0.5, 0.6) is 17.2 Å². The zero-order chi connectivity index (χ0) is 19.4. The molecule has 0 radical (unpaired) electrons. The highest BCUT2D eigenvalue weighted by Crippen LogP contribution is 2.36. The average molecular weight is 370 g/mol. The van der Waals surface area contributed by atoms with Crippen molar-refractivity contribution >= 4 is 5.97 Å². The van der Waals surface area contributed by atoms with Crippen LogP contribution in [0.4, 0.5) is 0 Å². The molecule has 2 aromatic rings. The molecule has 0 saturated heterocycles. The van der Waals surface area contributed by atoms with E-state index in [4.69, 9.17) is 18.9 Å². The maximum atomic E-state index is 12.3. The van der Waals surface area contributed by atoms with Gasteiger partial charge in [-0.2, -0.15) is 0 Å². The van der Waals surface area contributed by atoms with Gasteiger partial charge in [-0.3, -0.25) is 0 Å². The molecule has 0 N–H and O–H groups in total. The fourth-order valence-electron chi connectivity index (χ4n) is 3.73. The van der Waals surface area contributed by atoms with Crippen molar-refractivity contribution in [3.05, 3.63) is 52.1 Å². The number of benzene rings is 2. The summed E-state index contributed by atoms with van der Waals surface area (Å²) in [5.41, 5.74) is 4.78. The molecule has 144 valence electrons. The van der Waals surface area contributed by atoms with Gasteiger partial charge in [0.15, 0.2) is 0 Å². The van der Waals surface area contributed by atoms with Gasteiger partial charge in [-0.15, -0.1) is 0 Å². The molecule has 0 aliphatic heterocycles. The normalized spacial score (nSPS) is 12.9. The minimum atomic E-state index is -0.294. The Kier molecular flexibility index (Phi) is 5.89. The van der Waals surface area contributed by atoms with E-state index in [2.05, 4.69) is 0 Å². The van der Waals surface area contributed by atoms with E-state index in [1.54, 1.807) is 21.3 Å². The van der Waals surface area contributed by atoms with Crippen molar-refractivity contribution in [3.8, 4) is 17.2 Å². The van der Waals surface area contributed by atoms with Crippen LogP contribution in [0, 0.1) is 0 Å². The quantitative estimate of drug-likeness (QED) is 0.750. The molecular formula is C22H26O5. The smallest absolute Gasteiger partial charge is 0.338 e.